The average Bonchev–Trinajstić information content (AvgIpc) is 3.95. The third-order valence-corrected chi connectivity index (χ3v) is 16.2. The Bertz CT molecular complexity index is 4790. The molecule has 0 fully saturated rings. The molecule has 0 atom stereocenters. The molecule has 0 bridgehead atoms. The topological polar surface area (TPSA) is 9.86 Å². The van der Waals surface area contributed by atoms with E-state index in [1.54, 1.807) is 0 Å². The molecule has 2 aromatic heterocycles. The molecule has 15 aromatic rings. The van der Waals surface area contributed by atoms with Crippen LogP contribution in [0.3, 0.4) is 0 Å². The highest BCUT2D eigenvalue weighted by molar-refractivity contribution is 7.00. The highest BCUT2D eigenvalue weighted by Gasteiger charge is 2.42. The summed E-state index contributed by atoms with van der Waals surface area (Å²) in [7, 11) is 0. The van der Waals surface area contributed by atoms with Gasteiger partial charge in [-0.2, -0.15) is 0 Å². The maximum Gasteiger partial charge on any atom is 0.252 e. The third kappa shape index (κ3) is 4.49. The Kier molecular flexibility index (Phi) is 6.80. The Labute approximate surface area is 396 Å². The number of hydrogen-bond donors (Lipinski definition) is 0. The van der Waals surface area contributed by atoms with Gasteiger partial charge in [-0.05, 0) is 123 Å². The van der Waals surface area contributed by atoms with E-state index in [2.05, 4.69) is 234 Å². The molecule has 2 nitrogen and oxygen atoms in total. The Hall–Kier alpha value is -8.92. The first-order chi connectivity index (χ1) is 34.3. The Morgan fingerprint density at radius 1 is 0.246 bits per heavy atom. The van der Waals surface area contributed by atoms with Crippen molar-refractivity contribution < 1.29 is 0 Å². The molecule has 2 aliphatic heterocycles. The normalized spacial score (nSPS) is 12.9. The zero-order valence-electron chi connectivity index (χ0n) is 37.3. The fraction of sp³-hybridized carbons (Fsp3) is 0. The molecule has 0 unspecified atom stereocenters. The molecule has 4 heterocycles. The van der Waals surface area contributed by atoms with Crippen molar-refractivity contribution in [2.24, 2.45) is 0 Å². The van der Waals surface area contributed by atoms with Gasteiger partial charge < -0.3 is 9.13 Å². The predicted octanol–water partition coefficient (Wildman–Crippen LogP) is 15.3. The van der Waals surface area contributed by atoms with Gasteiger partial charge in [-0.25, -0.2) is 0 Å². The third-order valence-electron chi connectivity index (χ3n) is 16.2. The van der Waals surface area contributed by atoms with Crippen LogP contribution in [0.4, 0.5) is 0 Å². The first-order valence-electron chi connectivity index (χ1n) is 24.2. The molecule has 314 valence electrons. The number of rotatable bonds is 2. The quantitative estimate of drug-likeness (QED) is 0.121. The number of nitrogens with zero attached hydrogens (tertiary/aromatic N) is 2. The first kappa shape index (κ1) is 36.2. The van der Waals surface area contributed by atoms with Gasteiger partial charge in [-0.3, -0.25) is 0 Å². The van der Waals surface area contributed by atoms with Crippen molar-refractivity contribution in [3.05, 3.63) is 224 Å². The molecule has 0 aliphatic carbocycles. The zero-order chi connectivity index (χ0) is 44.6. The maximum atomic E-state index is 2.71. The number of benzene rings is 13. The lowest BCUT2D eigenvalue weighted by Gasteiger charge is -2.34. The van der Waals surface area contributed by atoms with Crippen molar-refractivity contribution in [3.8, 4) is 33.6 Å². The summed E-state index contributed by atoms with van der Waals surface area (Å²) in [4.78, 5) is 0. The van der Waals surface area contributed by atoms with Crippen LogP contribution in [0.25, 0.3) is 142 Å². The van der Waals surface area contributed by atoms with E-state index in [1.165, 1.54) is 158 Å². The minimum atomic E-state index is -0.0365. The van der Waals surface area contributed by atoms with Crippen LogP contribution in [0.5, 0.6) is 0 Å². The smallest absolute Gasteiger partial charge is 0.252 e. The van der Waals surface area contributed by atoms with Gasteiger partial charge in [0.2, 0.25) is 0 Å². The van der Waals surface area contributed by atoms with E-state index >= 15 is 0 Å². The second kappa shape index (κ2) is 12.9. The molecule has 3 heteroatoms. The number of fused-ring (bicyclic) bond motifs is 24. The van der Waals surface area contributed by atoms with Crippen LogP contribution in [0.1, 0.15) is 0 Å². The molecule has 17 rings (SSSR count). The van der Waals surface area contributed by atoms with Crippen molar-refractivity contribution in [3.63, 3.8) is 0 Å². The van der Waals surface area contributed by atoms with Crippen LogP contribution in [-0.2, 0) is 0 Å². The van der Waals surface area contributed by atoms with Crippen LogP contribution in [-0.4, -0.2) is 15.8 Å². The molecule has 0 saturated carbocycles. The molecule has 0 spiro atoms. The number of hydrogen-bond acceptors (Lipinski definition) is 0. The molecular formula is C66H37BN2. The average molecular weight is 869 g/mol. The second-order valence-electron chi connectivity index (χ2n) is 19.4. The van der Waals surface area contributed by atoms with E-state index in [1.807, 2.05) is 0 Å². The Balaban J connectivity index is 1.13. The van der Waals surface area contributed by atoms with Gasteiger partial charge in [0, 0.05) is 49.2 Å². The molecule has 0 radical (unpaired) electrons. The van der Waals surface area contributed by atoms with Gasteiger partial charge in [0.05, 0.1) is 16.6 Å². The minimum Gasteiger partial charge on any atom is -0.310 e. The zero-order valence-corrected chi connectivity index (χ0v) is 37.3. The van der Waals surface area contributed by atoms with E-state index in [4.69, 9.17) is 0 Å². The van der Waals surface area contributed by atoms with E-state index in [-0.39, 0.29) is 6.71 Å². The van der Waals surface area contributed by atoms with Gasteiger partial charge in [0.15, 0.2) is 0 Å². The molecular weight excluding hydrogens is 832 g/mol. The van der Waals surface area contributed by atoms with E-state index in [9.17, 15) is 0 Å². The van der Waals surface area contributed by atoms with E-state index in [0.717, 1.165) is 0 Å². The van der Waals surface area contributed by atoms with Gasteiger partial charge in [-0.1, -0.05) is 194 Å². The highest BCUT2D eigenvalue weighted by Crippen LogP contribution is 2.49. The van der Waals surface area contributed by atoms with Crippen LogP contribution in [0.2, 0.25) is 0 Å². The Morgan fingerprint density at radius 3 is 1.39 bits per heavy atom. The SMILES string of the molecule is c1ccc(-c2ccc3c(c2)c2cc(-c4ccccc4)cc4c2n3-c2cccc3c2B4c2cc4c5ccccc5c5ccccc5c4c4c5ccc6c7ccccc7c7ccccc7c6c5n-3c24)cc1. The van der Waals surface area contributed by atoms with Crippen molar-refractivity contribution in [1.29, 1.82) is 0 Å². The number of aromatic nitrogens is 2. The predicted molar refractivity (Wildman–Crippen MR) is 296 cm³/mol. The van der Waals surface area contributed by atoms with Crippen LogP contribution in [0.15, 0.2) is 224 Å². The molecule has 2 aliphatic rings. The van der Waals surface area contributed by atoms with Crippen LogP contribution >= 0.6 is 0 Å². The summed E-state index contributed by atoms with van der Waals surface area (Å²) >= 11 is 0. The second-order valence-corrected chi connectivity index (χ2v) is 19.4. The summed E-state index contributed by atoms with van der Waals surface area (Å²) in [5, 5.41) is 20.8. The lowest BCUT2D eigenvalue weighted by atomic mass is 9.34. The van der Waals surface area contributed by atoms with Gasteiger partial charge >= 0.3 is 0 Å². The van der Waals surface area contributed by atoms with E-state index in [0.29, 0.717) is 0 Å². The molecule has 69 heavy (non-hydrogen) atoms. The van der Waals surface area contributed by atoms with Crippen LogP contribution < -0.4 is 16.4 Å². The fourth-order valence-electron chi connectivity index (χ4n) is 13.5. The van der Waals surface area contributed by atoms with Crippen molar-refractivity contribution in [1.82, 2.24) is 9.13 Å². The summed E-state index contributed by atoms with van der Waals surface area (Å²) in [6.45, 7) is -0.0365. The van der Waals surface area contributed by atoms with Crippen molar-refractivity contribution in [2.75, 3.05) is 0 Å². The summed E-state index contributed by atoms with van der Waals surface area (Å²) in [6.07, 6.45) is 0. The van der Waals surface area contributed by atoms with Crippen molar-refractivity contribution >= 4 is 131 Å². The molecule has 0 amide bonds. The van der Waals surface area contributed by atoms with Gasteiger partial charge in [0.25, 0.3) is 6.71 Å². The summed E-state index contributed by atoms with van der Waals surface area (Å²) < 4.78 is 5.32. The summed E-state index contributed by atoms with van der Waals surface area (Å²) in [5.74, 6) is 0. The van der Waals surface area contributed by atoms with Crippen molar-refractivity contribution in [2.45, 2.75) is 0 Å². The monoisotopic (exact) mass is 868 g/mol. The largest absolute Gasteiger partial charge is 0.310 e. The maximum absolute atomic E-state index is 2.71. The summed E-state index contributed by atoms with van der Waals surface area (Å²) in [5.41, 5.74) is 16.6. The Morgan fingerprint density at radius 2 is 0.739 bits per heavy atom. The highest BCUT2D eigenvalue weighted by atomic mass is 15.0. The minimum absolute atomic E-state index is 0.0365. The van der Waals surface area contributed by atoms with Gasteiger partial charge in [0.1, 0.15) is 0 Å². The molecule has 13 aromatic carbocycles. The standard InChI is InChI=1S/C66H37BN2/c1-3-16-38(17-4-1)40-30-33-57-52(34-40)54-35-41(39-18-5-2-6-19-39)36-55-64(54)68(57)58-28-15-29-59-63(58)67(55)56-37-53-47-25-10-8-21-43(47)44-22-11-13-26-48(44)60(53)62-51-32-31-50-46-24-9-7-20-42(46)45-23-12-14-27-49(45)61(50)65(51)69(59)66(56)62/h1-37H. The lowest BCUT2D eigenvalue weighted by Crippen LogP contribution is -2.59. The molecule has 0 saturated heterocycles. The van der Waals surface area contributed by atoms with Gasteiger partial charge in [-0.15, -0.1) is 0 Å². The van der Waals surface area contributed by atoms with E-state index < -0.39 is 0 Å². The van der Waals surface area contributed by atoms with Crippen LogP contribution in [0, 0.1) is 0 Å². The summed E-state index contributed by atoms with van der Waals surface area (Å²) in [6, 6.07) is 85.0. The first-order valence-corrected chi connectivity index (χ1v) is 24.2. The lowest BCUT2D eigenvalue weighted by molar-refractivity contribution is 1.15. The molecule has 0 N–H and O–H groups in total. The fourth-order valence-corrected chi connectivity index (χ4v) is 13.5.